The van der Waals surface area contributed by atoms with Gasteiger partial charge in [0.25, 0.3) is 0 Å². The first-order chi connectivity index (χ1) is 6.70. The number of hydrogen-bond donors (Lipinski definition) is 0. The van der Waals surface area contributed by atoms with E-state index in [4.69, 9.17) is 0 Å². The van der Waals surface area contributed by atoms with Crippen molar-refractivity contribution in [3.63, 3.8) is 0 Å². The van der Waals surface area contributed by atoms with Crippen molar-refractivity contribution in [2.75, 3.05) is 0 Å². The van der Waals surface area contributed by atoms with Crippen LogP contribution in [0.1, 0.15) is 16.1 Å². The van der Waals surface area contributed by atoms with Crippen LogP contribution in [0.3, 0.4) is 0 Å². The zero-order valence-corrected chi connectivity index (χ0v) is 9.80. The van der Waals surface area contributed by atoms with Crippen molar-refractivity contribution >= 4 is 33.0 Å². The van der Waals surface area contributed by atoms with Gasteiger partial charge < -0.3 is 0 Å². The van der Waals surface area contributed by atoms with Gasteiger partial charge in [0.1, 0.15) is 5.69 Å². The van der Waals surface area contributed by atoms with E-state index < -0.39 is 0 Å². The molecule has 0 aromatic carbocycles. The van der Waals surface area contributed by atoms with Gasteiger partial charge in [-0.15, -0.1) is 0 Å². The molecule has 0 atom stereocenters. The molecule has 0 aliphatic heterocycles. The van der Waals surface area contributed by atoms with Crippen molar-refractivity contribution in [2.45, 2.75) is 0 Å². The van der Waals surface area contributed by atoms with E-state index in [0.29, 0.717) is 11.3 Å². The average Bonchev–Trinajstić information content (AvgIpc) is 2.75. The van der Waals surface area contributed by atoms with Crippen LogP contribution in [-0.4, -0.2) is 15.6 Å². The second kappa shape index (κ2) is 3.67. The maximum atomic E-state index is 11.9. The summed E-state index contributed by atoms with van der Waals surface area (Å²) in [4.78, 5) is 11.9. The van der Waals surface area contributed by atoms with E-state index in [0.717, 1.165) is 4.47 Å². The van der Waals surface area contributed by atoms with Crippen molar-refractivity contribution in [2.24, 2.45) is 7.05 Å². The molecule has 0 spiro atoms. The monoisotopic (exact) mass is 270 g/mol. The Morgan fingerprint density at radius 1 is 1.64 bits per heavy atom. The highest BCUT2D eigenvalue weighted by Crippen LogP contribution is 2.20. The number of nitrogens with zero attached hydrogens (tertiary/aromatic N) is 2. The molecule has 72 valence electrons. The maximum Gasteiger partial charge on any atom is 0.213 e. The molecule has 0 bridgehead atoms. The lowest BCUT2D eigenvalue weighted by atomic mass is 10.2. The predicted molar refractivity (Wildman–Crippen MR) is 58.7 cm³/mol. The number of carbonyl (C=O) groups is 1. The minimum absolute atomic E-state index is 0.00174. The summed E-state index contributed by atoms with van der Waals surface area (Å²) in [6.45, 7) is 0. The first-order valence-corrected chi connectivity index (χ1v) is 5.68. The minimum Gasteiger partial charge on any atom is -0.287 e. The van der Waals surface area contributed by atoms with Gasteiger partial charge in [-0.05, 0) is 27.4 Å². The lowest BCUT2D eigenvalue weighted by Crippen LogP contribution is -2.07. The number of carbonyl (C=O) groups excluding carboxylic acids is 1. The van der Waals surface area contributed by atoms with Gasteiger partial charge in [0.05, 0.1) is 10.7 Å². The molecule has 3 nitrogen and oxygen atoms in total. The molecule has 0 saturated carbocycles. The molecule has 0 amide bonds. The normalized spacial score (nSPS) is 10.4. The number of thiophene rings is 1. The largest absolute Gasteiger partial charge is 0.287 e. The van der Waals surface area contributed by atoms with Crippen LogP contribution in [0.15, 0.2) is 27.5 Å². The third-order valence-electron chi connectivity index (χ3n) is 1.89. The quantitative estimate of drug-likeness (QED) is 0.786. The average molecular weight is 271 g/mol. The fourth-order valence-electron chi connectivity index (χ4n) is 1.20. The highest BCUT2D eigenvalue weighted by Gasteiger charge is 2.16. The Hall–Kier alpha value is -0.940. The number of aryl methyl sites for hydroxylation is 1. The van der Waals surface area contributed by atoms with Crippen LogP contribution in [-0.2, 0) is 7.05 Å². The Morgan fingerprint density at radius 3 is 2.93 bits per heavy atom. The van der Waals surface area contributed by atoms with Crippen LogP contribution in [0, 0.1) is 0 Å². The standard InChI is InChI=1S/C9H7BrN2OS/c1-12-8(7(10)4-11-12)9(13)6-2-3-14-5-6/h2-5H,1H3. The van der Waals surface area contributed by atoms with E-state index in [2.05, 4.69) is 21.0 Å². The summed E-state index contributed by atoms with van der Waals surface area (Å²) < 4.78 is 2.31. The van der Waals surface area contributed by atoms with Crippen LogP contribution >= 0.6 is 27.3 Å². The van der Waals surface area contributed by atoms with Gasteiger partial charge >= 0.3 is 0 Å². The van der Waals surface area contributed by atoms with Gasteiger partial charge in [0.2, 0.25) is 5.78 Å². The van der Waals surface area contributed by atoms with Crippen molar-refractivity contribution < 1.29 is 4.79 Å². The smallest absolute Gasteiger partial charge is 0.213 e. The number of ketones is 1. The molecule has 0 aliphatic carbocycles. The van der Waals surface area contributed by atoms with Gasteiger partial charge in [0, 0.05) is 18.0 Å². The minimum atomic E-state index is -0.00174. The summed E-state index contributed by atoms with van der Waals surface area (Å²) >= 11 is 4.81. The predicted octanol–water partition coefficient (Wildman–Crippen LogP) is 2.48. The van der Waals surface area contributed by atoms with Gasteiger partial charge in [-0.2, -0.15) is 16.4 Å². The Labute approximate surface area is 93.5 Å². The number of aromatic nitrogens is 2. The highest BCUT2D eigenvalue weighted by atomic mass is 79.9. The molecule has 2 aromatic rings. The molecule has 0 radical (unpaired) electrons. The first-order valence-electron chi connectivity index (χ1n) is 3.94. The van der Waals surface area contributed by atoms with Gasteiger partial charge in [-0.1, -0.05) is 0 Å². The molecule has 0 fully saturated rings. The van der Waals surface area contributed by atoms with Gasteiger partial charge in [-0.25, -0.2) is 0 Å². The van der Waals surface area contributed by atoms with Crippen LogP contribution < -0.4 is 0 Å². The van der Waals surface area contributed by atoms with E-state index in [1.165, 1.54) is 11.3 Å². The topological polar surface area (TPSA) is 34.9 Å². The molecular formula is C9H7BrN2OS. The summed E-state index contributed by atoms with van der Waals surface area (Å²) in [5.74, 6) is -0.00174. The number of rotatable bonds is 2. The Bertz CT molecular complexity index is 442. The number of hydrogen-bond acceptors (Lipinski definition) is 3. The fourth-order valence-corrected chi connectivity index (χ4v) is 2.36. The van der Waals surface area contributed by atoms with E-state index in [9.17, 15) is 4.79 Å². The lowest BCUT2D eigenvalue weighted by molar-refractivity contribution is 0.103. The third kappa shape index (κ3) is 1.53. The van der Waals surface area contributed by atoms with Crippen LogP contribution in [0.25, 0.3) is 0 Å². The third-order valence-corrected chi connectivity index (χ3v) is 3.16. The molecule has 0 N–H and O–H groups in total. The van der Waals surface area contributed by atoms with Crippen LogP contribution in [0.5, 0.6) is 0 Å². The van der Waals surface area contributed by atoms with Crippen LogP contribution in [0.4, 0.5) is 0 Å². The second-order valence-corrected chi connectivity index (χ2v) is 4.44. The Kier molecular flexibility index (Phi) is 2.52. The van der Waals surface area contributed by atoms with E-state index in [1.807, 2.05) is 16.8 Å². The van der Waals surface area contributed by atoms with Crippen LogP contribution in [0.2, 0.25) is 0 Å². The zero-order chi connectivity index (χ0) is 10.1. The second-order valence-electron chi connectivity index (χ2n) is 2.81. The Morgan fingerprint density at radius 2 is 2.43 bits per heavy atom. The first kappa shape index (κ1) is 9.61. The molecule has 2 aromatic heterocycles. The molecule has 0 unspecified atom stereocenters. The highest BCUT2D eigenvalue weighted by molar-refractivity contribution is 9.10. The number of halogens is 1. The van der Waals surface area contributed by atoms with Crippen molar-refractivity contribution in [3.05, 3.63) is 38.8 Å². The molecule has 14 heavy (non-hydrogen) atoms. The van der Waals surface area contributed by atoms with E-state index in [-0.39, 0.29) is 5.78 Å². The molecule has 2 heterocycles. The summed E-state index contributed by atoms with van der Waals surface area (Å²) in [6.07, 6.45) is 1.62. The van der Waals surface area contributed by atoms with E-state index in [1.54, 1.807) is 17.9 Å². The SMILES string of the molecule is Cn1ncc(Br)c1C(=O)c1ccsc1. The van der Waals surface area contributed by atoms with Gasteiger partial charge in [0.15, 0.2) is 0 Å². The van der Waals surface area contributed by atoms with Crippen molar-refractivity contribution in [3.8, 4) is 0 Å². The Balaban J connectivity index is 2.46. The summed E-state index contributed by atoms with van der Waals surface area (Å²) in [7, 11) is 1.75. The maximum absolute atomic E-state index is 11.9. The van der Waals surface area contributed by atoms with Gasteiger partial charge in [-0.3, -0.25) is 9.48 Å². The summed E-state index contributed by atoms with van der Waals surface area (Å²) in [5, 5.41) is 7.72. The molecule has 0 saturated heterocycles. The molecular weight excluding hydrogens is 264 g/mol. The lowest BCUT2D eigenvalue weighted by Gasteiger charge is -1.99. The summed E-state index contributed by atoms with van der Waals surface area (Å²) in [5.41, 5.74) is 1.29. The van der Waals surface area contributed by atoms with Crippen molar-refractivity contribution in [1.82, 2.24) is 9.78 Å². The molecule has 0 aliphatic rings. The molecule has 5 heteroatoms. The zero-order valence-electron chi connectivity index (χ0n) is 7.40. The molecule has 2 rings (SSSR count). The van der Waals surface area contributed by atoms with Crippen molar-refractivity contribution in [1.29, 1.82) is 0 Å². The van der Waals surface area contributed by atoms with E-state index >= 15 is 0 Å². The summed E-state index contributed by atoms with van der Waals surface area (Å²) in [6, 6.07) is 1.81. The fraction of sp³-hybridized carbons (Fsp3) is 0.111.